The quantitative estimate of drug-likeness (QED) is 0.0885. The largest absolute Gasteiger partial charge is 0.323 e. The van der Waals surface area contributed by atoms with Gasteiger partial charge < -0.3 is 9.88 Å². The highest BCUT2D eigenvalue weighted by Crippen LogP contribution is 2.32. The van der Waals surface area contributed by atoms with Crippen molar-refractivity contribution in [2.24, 2.45) is 5.41 Å². The molecule has 0 aliphatic rings. The highest BCUT2D eigenvalue weighted by molar-refractivity contribution is 6.03. The number of aromatic nitrogens is 3. The maximum absolute atomic E-state index is 5.29. The molecule has 46 heavy (non-hydrogen) atoms. The Morgan fingerprint density at radius 2 is 1.24 bits per heavy atom. The number of benzene rings is 2. The van der Waals surface area contributed by atoms with Crippen molar-refractivity contribution < 1.29 is 0 Å². The summed E-state index contributed by atoms with van der Waals surface area (Å²) in [5, 5.41) is 4.89. The van der Waals surface area contributed by atoms with E-state index in [0.717, 1.165) is 62.0 Å². The zero-order valence-corrected chi connectivity index (χ0v) is 30.1. The van der Waals surface area contributed by atoms with Crippen molar-refractivity contribution in [3.8, 4) is 0 Å². The third-order valence-electron chi connectivity index (χ3n) is 9.34. The molecule has 4 nitrogen and oxygen atoms in total. The zero-order valence-electron chi connectivity index (χ0n) is 30.1. The van der Waals surface area contributed by atoms with Crippen molar-refractivity contribution in [1.82, 2.24) is 19.9 Å². The van der Waals surface area contributed by atoms with Gasteiger partial charge in [0.2, 0.25) is 0 Å². The van der Waals surface area contributed by atoms with Gasteiger partial charge in [-0.3, -0.25) is 4.98 Å². The predicted octanol–water partition coefficient (Wildman–Crippen LogP) is 11.7. The monoisotopic (exact) mass is 625 g/mol. The molecule has 0 aliphatic heterocycles. The number of nitrogens with one attached hydrogen (secondary N) is 1. The van der Waals surface area contributed by atoms with Crippen LogP contribution in [-0.2, 0) is 25.9 Å². The van der Waals surface area contributed by atoms with Gasteiger partial charge in [-0.05, 0) is 48.4 Å². The summed E-state index contributed by atoms with van der Waals surface area (Å²) in [5.74, 6) is 1.19. The Morgan fingerprint density at radius 3 is 1.87 bits per heavy atom. The molecule has 0 spiro atoms. The van der Waals surface area contributed by atoms with E-state index in [0.29, 0.717) is 0 Å². The number of aryl methyl sites for hydroxylation is 1. The van der Waals surface area contributed by atoms with Crippen LogP contribution in [0.25, 0.3) is 21.9 Å². The first-order valence-corrected chi connectivity index (χ1v) is 18.9. The number of para-hydroxylation sites is 1. The van der Waals surface area contributed by atoms with Crippen molar-refractivity contribution in [1.29, 1.82) is 0 Å². The molecule has 2 aromatic heterocycles. The van der Waals surface area contributed by atoms with Gasteiger partial charge in [0.25, 0.3) is 0 Å². The average molecular weight is 625 g/mol. The van der Waals surface area contributed by atoms with E-state index in [1.165, 1.54) is 111 Å². The van der Waals surface area contributed by atoms with E-state index in [1.807, 2.05) is 0 Å². The van der Waals surface area contributed by atoms with E-state index in [-0.39, 0.29) is 5.41 Å². The Hall–Kier alpha value is -2.72. The Labute approximate surface area is 281 Å². The number of fused-ring (bicyclic) bond motifs is 3. The summed E-state index contributed by atoms with van der Waals surface area (Å²) in [6.07, 6.45) is 22.5. The number of rotatable bonds is 22. The van der Waals surface area contributed by atoms with E-state index < -0.39 is 0 Å². The second-order valence-corrected chi connectivity index (χ2v) is 15.0. The first-order valence-electron chi connectivity index (χ1n) is 18.9. The lowest BCUT2D eigenvalue weighted by Gasteiger charge is -2.18. The van der Waals surface area contributed by atoms with Gasteiger partial charge >= 0.3 is 0 Å². The summed E-state index contributed by atoms with van der Waals surface area (Å²) < 4.78 is 2.49. The minimum absolute atomic E-state index is 0.145. The zero-order chi connectivity index (χ0) is 32.6. The molecule has 0 unspecified atom stereocenters. The maximum Gasteiger partial charge on any atom is 0.111 e. The van der Waals surface area contributed by atoms with Crippen LogP contribution in [0.5, 0.6) is 0 Å². The van der Waals surface area contributed by atoms with Crippen LogP contribution in [-0.4, -0.2) is 21.1 Å². The lowest BCUT2D eigenvalue weighted by molar-refractivity contribution is 0.408. The highest BCUT2D eigenvalue weighted by Gasteiger charge is 2.22. The summed E-state index contributed by atoms with van der Waals surface area (Å²) >= 11 is 0. The van der Waals surface area contributed by atoms with Gasteiger partial charge in [0.15, 0.2) is 0 Å². The molecule has 1 N–H and O–H groups in total. The molecule has 4 heteroatoms. The summed E-state index contributed by atoms with van der Waals surface area (Å²) in [5.41, 5.74) is 7.38. The molecule has 4 aromatic rings. The normalized spacial score (nSPS) is 12.1. The minimum Gasteiger partial charge on any atom is -0.323 e. The first-order chi connectivity index (χ1) is 22.4. The van der Waals surface area contributed by atoms with Gasteiger partial charge in [-0.25, -0.2) is 4.98 Å². The van der Waals surface area contributed by atoms with Crippen LogP contribution in [0.1, 0.15) is 154 Å². The van der Waals surface area contributed by atoms with Crippen molar-refractivity contribution >= 4 is 21.9 Å². The molecule has 0 aliphatic carbocycles. The van der Waals surface area contributed by atoms with E-state index >= 15 is 0 Å². The molecule has 0 amide bonds. The Balaban J connectivity index is 1.28. The number of pyridine rings is 1. The fraction of sp³-hybridized carbons (Fsp3) is 0.619. The van der Waals surface area contributed by atoms with Gasteiger partial charge in [0.1, 0.15) is 11.3 Å². The second-order valence-electron chi connectivity index (χ2n) is 15.0. The summed E-state index contributed by atoms with van der Waals surface area (Å²) in [4.78, 5) is 10.4. The fourth-order valence-corrected chi connectivity index (χ4v) is 6.71. The Morgan fingerprint density at radius 1 is 0.652 bits per heavy atom. The number of imidazole rings is 1. The van der Waals surface area contributed by atoms with Gasteiger partial charge in [-0.1, -0.05) is 161 Å². The molecule has 0 saturated carbocycles. The highest BCUT2D eigenvalue weighted by atomic mass is 15.1. The number of hydrogen-bond donors (Lipinski definition) is 1. The van der Waals surface area contributed by atoms with E-state index in [4.69, 9.17) is 9.97 Å². The average Bonchev–Trinajstić information content (AvgIpc) is 3.40. The van der Waals surface area contributed by atoms with E-state index in [2.05, 4.69) is 93.0 Å². The fourth-order valence-electron chi connectivity index (χ4n) is 6.71. The van der Waals surface area contributed by atoms with Crippen LogP contribution < -0.4 is 5.32 Å². The van der Waals surface area contributed by atoms with Crippen LogP contribution in [0.4, 0.5) is 0 Å². The molecule has 0 atom stereocenters. The number of hydrogen-bond acceptors (Lipinski definition) is 3. The van der Waals surface area contributed by atoms with Gasteiger partial charge in [0, 0.05) is 24.9 Å². The smallest absolute Gasteiger partial charge is 0.111 e. The summed E-state index contributed by atoms with van der Waals surface area (Å²) in [6, 6.07) is 17.9. The molecule has 252 valence electrons. The van der Waals surface area contributed by atoms with Gasteiger partial charge in [-0.15, -0.1) is 0 Å². The van der Waals surface area contributed by atoms with Crippen molar-refractivity contribution in [3.05, 3.63) is 71.2 Å². The Kier molecular flexibility index (Phi) is 15.1. The molecular weight excluding hydrogens is 560 g/mol. The predicted molar refractivity (Wildman–Crippen MR) is 200 cm³/mol. The van der Waals surface area contributed by atoms with Crippen LogP contribution >= 0.6 is 0 Å². The SMILES string of the molecule is CCCCCCCCCCCCCCCNCc1ccc(Cn2c(CCCC)nc3c(CC(C)(C)C)nc4ccccc4c32)cc1. The molecule has 4 rings (SSSR count). The lowest BCUT2D eigenvalue weighted by atomic mass is 9.89. The molecule has 0 fully saturated rings. The Bertz CT molecular complexity index is 1430. The topological polar surface area (TPSA) is 42.7 Å². The number of nitrogens with zero attached hydrogens (tertiary/aromatic N) is 3. The summed E-state index contributed by atoms with van der Waals surface area (Å²) in [7, 11) is 0. The molecular formula is C42H64N4. The van der Waals surface area contributed by atoms with Crippen LogP contribution in [0.2, 0.25) is 0 Å². The molecule has 0 bridgehead atoms. The molecule has 0 radical (unpaired) electrons. The minimum atomic E-state index is 0.145. The van der Waals surface area contributed by atoms with Crippen molar-refractivity contribution in [3.63, 3.8) is 0 Å². The van der Waals surface area contributed by atoms with Crippen LogP contribution in [0.15, 0.2) is 48.5 Å². The van der Waals surface area contributed by atoms with E-state index in [1.54, 1.807) is 0 Å². The van der Waals surface area contributed by atoms with Crippen molar-refractivity contribution in [2.45, 2.75) is 157 Å². The number of unbranched alkanes of at least 4 members (excludes halogenated alkanes) is 13. The lowest BCUT2D eigenvalue weighted by Crippen LogP contribution is -2.14. The van der Waals surface area contributed by atoms with Gasteiger partial charge in [0.05, 0.1) is 16.7 Å². The maximum atomic E-state index is 5.29. The van der Waals surface area contributed by atoms with Crippen LogP contribution in [0, 0.1) is 5.41 Å². The molecule has 0 saturated heterocycles. The first kappa shape index (κ1) is 36.1. The molecule has 2 heterocycles. The standard InChI is InChI=1S/C42H64N4/c1-6-8-10-11-12-13-14-15-16-17-18-19-22-30-43-32-34-26-28-35(29-27-34)33-46-39(25-9-7-2)45-40-38(31-42(3,4)5)44-37-24-21-20-23-36(37)41(40)46/h20-21,23-24,26-29,43H,6-19,22,25,30-33H2,1-5H3. The van der Waals surface area contributed by atoms with E-state index in [9.17, 15) is 0 Å². The third kappa shape index (κ3) is 11.5. The van der Waals surface area contributed by atoms with Crippen LogP contribution in [0.3, 0.4) is 0 Å². The second kappa shape index (κ2) is 19.2. The van der Waals surface area contributed by atoms with Crippen molar-refractivity contribution in [2.75, 3.05) is 6.54 Å². The molecule has 2 aromatic carbocycles. The van der Waals surface area contributed by atoms with Gasteiger partial charge in [-0.2, -0.15) is 0 Å². The summed E-state index contributed by atoms with van der Waals surface area (Å²) in [6.45, 7) is 14.3. The third-order valence-corrected chi connectivity index (χ3v) is 9.34.